The number of sulfonamides is 1. The molecule has 18 heavy (non-hydrogen) atoms. The third-order valence-corrected chi connectivity index (χ3v) is 4.77. The van der Waals surface area contributed by atoms with Gasteiger partial charge in [0, 0.05) is 6.54 Å². The lowest BCUT2D eigenvalue weighted by atomic mass is 10.2. The van der Waals surface area contributed by atoms with Crippen LogP contribution in [0.25, 0.3) is 0 Å². The summed E-state index contributed by atoms with van der Waals surface area (Å²) in [6.45, 7) is 1.81. The van der Waals surface area contributed by atoms with Gasteiger partial charge in [-0.15, -0.1) is 0 Å². The van der Waals surface area contributed by atoms with E-state index in [4.69, 9.17) is 0 Å². The Kier molecular flexibility index (Phi) is 3.79. The van der Waals surface area contributed by atoms with Crippen LogP contribution in [0.2, 0.25) is 0 Å². The van der Waals surface area contributed by atoms with Crippen molar-refractivity contribution in [2.75, 3.05) is 0 Å². The average molecular weight is 285 g/mol. The minimum atomic E-state index is -3.60. The maximum atomic E-state index is 12.9. The molecule has 0 fully saturated rings. The smallest absolute Gasteiger partial charge is 0.207 e. The molecule has 0 saturated carbocycles. The van der Waals surface area contributed by atoms with Gasteiger partial charge >= 0.3 is 0 Å². The largest absolute Gasteiger partial charge is 0.241 e. The molecule has 1 heterocycles. The van der Waals surface area contributed by atoms with Crippen molar-refractivity contribution < 1.29 is 12.8 Å². The average Bonchev–Trinajstić information content (AvgIpc) is 2.78. The van der Waals surface area contributed by atoms with Crippen LogP contribution in [-0.4, -0.2) is 8.42 Å². The summed E-state index contributed by atoms with van der Waals surface area (Å²) in [6.07, 6.45) is 0. The Morgan fingerprint density at radius 1 is 1.33 bits per heavy atom. The molecule has 1 aromatic heterocycles. The zero-order valence-electron chi connectivity index (χ0n) is 9.68. The minimum Gasteiger partial charge on any atom is -0.207 e. The van der Waals surface area contributed by atoms with Crippen molar-refractivity contribution in [3.63, 3.8) is 0 Å². The number of halogens is 1. The maximum Gasteiger partial charge on any atom is 0.241 e. The van der Waals surface area contributed by atoms with Crippen LogP contribution in [0.4, 0.5) is 4.39 Å². The molecule has 1 aromatic carbocycles. The van der Waals surface area contributed by atoms with Crippen molar-refractivity contribution in [1.29, 1.82) is 0 Å². The first-order valence-corrected chi connectivity index (χ1v) is 7.68. The lowest BCUT2D eigenvalue weighted by molar-refractivity contribution is 0.579. The lowest BCUT2D eigenvalue weighted by Gasteiger charge is -2.08. The van der Waals surface area contributed by atoms with Gasteiger partial charge in [0.05, 0.1) is 4.90 Å². The predicted molar refractivity (Wildman–Crippen MR) is 69.5 cm³/mol. The molecule has 0 radical (unpaired) electrons. The van der Waals surface area contributed by atoms with Crippen molar-refractivity contribution >= 4 is 21.4 Å². The van der Waals surface area contributed by atoms with Crippen LogP contribution in [0.15, 0.2) is 39.9 Å². The zero-order chi connectivity index (χ0) is 13.2. The van der Waals surface area contributed by atoms with Crippen LogP contribution in [0.1, 0.15) is 11.1 Å². The van der Waals surface area contributed by atoms with E-state index in [0.29, 0.717) is 5.56 Å². The minimum absolute atomic E-state index is 0.110. The molecule has 3 nitrogen and oxygen atoms in total. The van der Waals surface area contributed by atoms with E-state index in [0.717, 1.165) is 11.6 Å². The van der Waals surface area contributed by atoms with Gasteiger partial charge in [-0.05, 0) is 53.1 Å². The molecular weight excluding hydrogens is 273 g/mol. The van der Waals surface area contributed by atoms with E-state index in [1.165, 1.54) is 23.5 Å². The summed E-state index contributed by atoms with van der Waals surface area (Å²) >= 11 is 1.51. The summed E-state index contributed by atoms with van der Waals surface area (Å²) < 4.78 is 39.5. The standard InChI is InChI=1S/C12H12FNO2S2/c1-9-6-11(13)2-3-12(9)18(15,16)14-7-10-4-5-17-8-10/h2-6,8,14H,7H2,1H3. The first-order valence-electron chi connectivity index (χ1n) is 5.26. The summed E-state index contributed by atoms with van der Waals surface area (Å²) in [5.41, 5.74) is 1.30. The van der Waals surface area contributed by atoms with Crippen LogP contribution in [0, 0.1) is 12.7 Å². The van der Waals surface area contributed by atoms with Gasteiger partial charge in [0.15, 0.2) is 0 Å². The number of hydrogen-bond acceptors (Lipinski definition) is 3. The van der Waals surface area contributed by atoms with Crippen molar-refractivity contribution in [3.8, 4) is 0 Å². The van der Waals surface area contributed by atoms with Gasteiger partial charge in [-0.3, -0.25) is 0 Å². The number of nitrogens with one attached hydrogen (secondary N) is 1. The molecule has 0 atom stereocenters. The lowest BCUT2D eigenvalue weighted by Crippen LogP contribution is -2.23. The van der Waals surface area contributed by atoms with Crippen molar-refractivity contribution in [3.05, 3.63) is 52.0 Å². The van der Waals surface area contributed by atoms with Crippen LogP contribution in [-0.2, 0) is 16.6 Å². The molecule has 2 rings (SSSR count). The van der Waals surface area contributed by atoms with E-state index < -0.39 is 15.8 Å². The summed E-state index contributed by atoms with van der Waals surface area (Å²) in [5, 5.41) is 3.76. The molecule has 0 unspecified atom stereocenters. The SMILES string of the molecule is Cc1cc(F)ccc1S(=O)(=O)NCc1ccsc1. The normalized spacial score (nSPS) is 11.7. The Bertz CT molecular complexity index is 636. The number of benzene rings is 1. The zero-order valence-corrected chi connectivity index (χ0v) is 11.3. The Hall–Kier alpha value is -1.24. The topological polar surface area (TPSA) is 46.2 Å². The monoisotopic (exact) mass is 285 g/mol. The van der Waals surface area contributed by atoms with Gasteiger partial charge in [0.1, 0.15) is 5.82 Å². The van der Waals surface area contributed by atoms with E-state index in [1.807, 2.05) is 16.8 Å². The number of thiophene rings is 1. The molecule has 1 N–H and O–H groups in total. The molecule has 0 amide bonds. The highest BCUT2D eigenvalue weighted by Crippen LogP contribution is 2.16. The van der Waals surface area contributed by atoms with Crippen LogP contribution < -0.4 is 4.72 Å². The molecule has 2 aromatic rings. The second-order valence-electron chi connectivity index (χ2n) is 3.87. The quantitative estimate of drug-likeness (QED) is 0.938. The maximum absolute atomic E-state index is 12.9. The van der Waals surface area contributed by atoms with Gasteiger partial charge in [-0.2, -0.15) is 11.3 Å². The van der Waals surface area contributed by atoms with E-state index in [9.17, 15) is 12.8 Å². The fraction of sp³-hybridized carbons (Fsp3) is 0.167. The fourth-order valence-corrected chi connectivity index (χ4v) is 3.47. The number of aryl methyl sites for hydroxylation is 1. The first kappa shape index (κ1) is 13.2. The fourth-order valence-electron chi connectivity index (χ4n) is 1.56. The predicted octanol–water partition coefficient (Wildman–Crippen LogP) is 2.67. The first-order chi connectivity index (χ1) is 8.49. The summed E-state index contributed by atoms with van der Waals surface area (Å²) in [7, 11) is -3.60. The van der Waals surface area contributed by atoms with Gasteiger partial charge in [-0.1, -0.05) is 0 Å². The highest BCUT2D eigenvalue weighted by molar-refractivity contribution is 7.89. The third kappa shape index (κ3) is 2.95. The molecule has 0 aliphatic rings. The Morgan fingerprint density at radius 3 is 2.72 bits per heavy atom. The molecule has 0 bridgehead atoms. The summed E-state index contributed by atoms with van der Waals surface area (Å²) in [6, 6.07) is 5.48. The van der Waals surface area contributed by atoms with Gasteiger partial charge in [0.25, 0.3) is 0 Å². The Labute approximate surface area is 109 Å². The second kappa shape index (κ2) is 5.17. The van der Waals surface area contributed by atoms with Crippen LogP contribution >= 0.6 is 11.3 Å². The molecule has 0 spiro atoms. The molecule has 0 aliphatic carbocycles. The van der Waals surface area contributed by atoms with Crippen molar-refractivity contribution in [2.24, 2.45) is 0 Å². The summed E-state index contributed by atoms with van der Waals surface area (Å²) in [4.78, 5) is 0.110. The third-order valence-electron chi connectivity index (χ3n) is 2.47. The van der Waals surface area contributed by atoms with Crippen LogP contribution in [0.5, 0.6) is 0 Å². The van der Waals surface area contributed by atoms with E-state index in [2.05, 4.69) is 4.72 Å². The highest BCUT2D eigenvalue weighted by Gasteiger charge is 2.16. The summed E-state index contributed by atoms with van der Waals surface area (Å²) in [5.74, 6) is -0.440. The highest BCUT2D eigenvalue weighted by atomic mass is 32.2. The Morgan fingerprint density at radius 2 is 2.11 bits per heavy atom. The molecule has 6 heteroatoms. The van der Waals surface area contributed by atoms with Gasteiger partial charge in [0.2, 0.25) is 10.0 Å². The molecule has 0 saturated heterocycles. The molecule has 0 aliphatic heterocycles. The second-order valence-corrected chi connectivity index (χ2v) is 6.38. The van der Waals surface area contributed by atoms with Crippen molar-refractivity contribution in [2.45, 2.75) is 18.4 Å². The van der Waals surface area contributed by atoms with E-state index in [1.54, 1.807) is 6.92 Å². The molecular formula is C12H12FNO2S2. The number of hydrogen-bond donors (Lipinski definition) is 1. The number of rotatable bonds is 4. The van der Waals surface area contributed by atoms with E-state index >= 15 is 0 Å². The molecule has 96 valence electrons. The van der Waals surface area contributed by atoms with Crippen molar-refractivity contribution in [1.82, 2.24) is 4.72 Å². The Balaban J connectivity index is 2.20. The van der Waals surface area contributed by atoms with E-state index in [-0.39, 0.29) is 11.4 Å². The van der Waals surface area contributed by atoms with Gasteiger partial charge < -0.3 is 0 Å². The van der Waals surface area contributed by atoms with Crippen LogP contribution in [0.3, 0.4) is 0 Å². The van der Waals surface area contributed by atoms with Gasteiger partial charge in [-0.25, -0.2) is 17.5 Å².